The summed E-state index contributed by atoms with van der Waals surface area (Å²) in [6.45, 7) is 11.0. The summed E-state index contributed by atoms with van der Waals surface area (Å²) in [4.78, 5) is 11.3. The third kappa shape index (κ3) is 4.73. The molecule has 0 aromatic carbocycles. The molecular formula is C14H16N4. The summed E-state index contributed by atoms with van der Waals surface area (Å²) in [5.74, 6) is 0.468. The number of pyridine rings is 2. The molecule has 4 nitrogen and oxygen atoms in total. The highest BCUT2D eigenvalue weighted by Crippen LogP contribution is 2.06. The van der Waals surface area contributed by atoms with E-state index >= 15 is 0 Å². The van der Waals surface area contributed by atoms with Crippen molar-refractivity contribution in [3.63, 3.8) is 0 Å². The second-order valence-electron chi connectivity index (χ2n) is 3.72. The van der Waals surface area contributed by atoms with Crippen LogP contribution in [0.2, 0.25) is 0 Å². The molecule has 0 atom stereocenters. The van der Waals surface area contributed by atoms with Gasteiger partial charge in [-0.2, -0.15) is 0 Å². The summed E-state index contributed by atoms with van der Waals surface area (Å²) in [5, 5.41) is 0. The monoisotopic (exact) mass is 240 g/mol. The van der Waals surface area contributed by atoms with Crippen LogP contribution in [-0.2, 0) is 6.54 Å². The zero-order chi connectivity index (χ0) is 13.4. The Morgan fingerprint density at radius 1 is 1.06 bits per heavy atom. The molecule has 0 saturated heterocycles. The summed E-state index contributed by atoms with van der Waals surface area (Å²) in [6, 6.07) is 11.2. The van der Waals surface area contributed by atoms with E-state index in [1.54, 1.807) is 6.07 Å². The molecule has 0 aliphatic carbocycles. The molecule has 0 aliphatic heterocycles. The maximum atomic E-state index is 6.60. The second kappa shape index (κ2) is 7.15. The lowest BCUT2D eigenvalue weighted by molar-refractivity contribution is 0.969. The van der Waals surface area contributed by atoms with Crippen molar-refractivity contribution >= 4 is 5.82 Å². The van der Waals surface area contributed by atoms with E-state index in [9.17, 15) is 0 Å². The predicted molar refractivity (Wildman–Crippen MR) is 72.1 cm³/mol. The third-order valence-corrected chi connectivity index (χ3v) is 2.14. The highest BCUT2D eigenvalue weighted by atomic mass is 14.9. The van der Waals surface area contributed by atoms with Crippen molar-refractivity contribution in [2.24, 2.45) is 5.73 Å². The lowest BCUT2D eigenvalue weighted by atomic mass is 10.3. The molecule has 2 rings (SSSR count). The van der Waals surface area contributed by atoms with Gasteiger partial charge in [0.15, 0.2) is 0 Å². The summed E-state index contributed by atoms with van der Waals surface area (Å²) in [6.07, 6.45) is 0. The summed E-state index contributed by atoms with van der Waals surface area (Å²) in [5.41, 5.74) is 8.23. The van der Waals surface area contributed by atoms with Crippen LogP contribution >= 0.6 is 0 Å². The topological polar surface area (TPSA) is 56.2 Å². The number of nitrogens with zero attached hydrogens (tertiary/aromatic N) is 3. The highest BCUT2D eigenvalue weighted by Gasteiger charge is 1.90. The number of aryl methyl sites for hydroxylation is 2. The molecule has 0 radical (unpaired) electrons. The average molecular weight is 240 g/mol. The Hall–Kier alpha value is -2.25. The van der Waals surface area contributed by atoms with Crippen LogP contribution in [0.5, 0.6) is 0 Å². The number of hydrogen-bond donors (Lipinski definition) is 1. The smallest absolute Gasteiger partial charge is 0.269 e. The fourth-order valence-corrected chi connectivity index (χ4v) is 1.30. The minimum absolute atomic E-state index is 0.468. The molecule has 0 saturated carbocycles. The number of aromatic nitrogens is 2. The van der Waals surface area contributed by atoms with Crippen molar-refractivity contribution in [3.8, 4) is 0 Å². The Labute approximate surface area is 107 Å². The van der Waals surface area contributed by atoms with E-state index in [1.165, 1.54) is 0 Å². The van der Waals surface area contributed by atoms with Gasteiger partial charge >= 0.3 is 0 Å². The normalized spacial score (nSPS) is 9.00. The minimum Gasteiger partial charge on any atom is -0.361 e. The van der Waals surface area contributed by atoms with Crippen molar-refractivity contribution in [1.82, 2.24) is 9.97 Å². The number of hydrogen-bond acceptors (Lipinski definition) is 3. The van der Waals surface area contributed by atoms with Gasteiger partial charge in [0, 0.05) is 19.2 Å². The maximum Gasteiger partial charge on any atom is 0.269 e. The molecule has 0 spiro atoms. The summed E-state index contributed by atoms with van der Waals surface area (Å²) >= 11 is 0. The quantitative estimate of drug-likeness (QED) is 0.780. The largest absolute Gasteiger partial charge is 0.361 e. The van der Waals surface area contributed by atoms with E-state index in [0.29, 0.717) is 12.4 Å². The van der Waals surface area contributed by atoms with Gasteiger partial charge in [-0.3, -0.25) is 4.98 Å². The minimum atomic E-state index is 0.468. The van der Waals surface area contributed by atoms with Gasteiger partial charge < -0.3 is 10.6 Å². The number of nitrogens with two attached hydrogens (primary N) is 1. The first-order chi connectivity index (χ1) is 8.65. The van der Waals surface area contributed by atoms with Crippen LogP contribution < -0.4 is 5.73 Å². The Morgan fingerprint density at radius 3 is 2.06 bits per heavy atom. The van der Waals surface area contributed by atoms with E-state index < -0.39 is 0 Å². The van der Waals surface area contributed by atoms with Crippen LogP contribution in [0.15, 0.2) is 36.4 Å². The van der Waals surface area contributed by atoms with Crippen LogP contribution in [0.1, 0.15) is 17.1 Å². The first-order valence-corrected chi connectivity index (χ1v) is 5.59. The van der Waals surface area contributed by atoms with Gasteiger partial charge in [-0.1, -0.05) is 18.7 Å². The number of rotatable bonds is 1. The van der Waals surface area contributed by atoms with Crippen molar-refractivity contribution in [2.75, 3.05) is 0 Å². The lowest BCUT2D eigenvalue weighted by Gasteiger charge is -1.94. The zero-order valence-corrected chi connectivity index (χ0v) is 10.6. The molecule has 0 bridgehead atoms. The molecule has 2 aromatic heterocycles. The van der Waals surface area contributed by atoms with E-state index in [4.69, 9.17) is 12.3 Å². The van der Waals surface area contributed by atoms with Gasteiger partial charge in [0.2, 0.25) is 0 Å². The molecule has 0 amide bonds. The Bertz CT molecular complexity index is 543. The van der Waals surface area contributed by atoms with E-state index in [0.717, 1.165) is 17.1 Å². The van der Waals surface area contributed by atoms with E-state index in [-0.39, 0.29) is 0 Å². The summed E-state index contributed by atoms with van der Waals surface area (Å²) < 4.78 is 0. The van der Waals surface area contributed by atoms with Crippen molar-refractivity contribution in [1.29, 1.82) is 0 Å². The summed E-state index contributed by atoms with van der Waals surface area (Å²) in [7, 11) is 0. The van der Waals surface area contributed by atoms with Gasteiger partial charge in [-0.05, 0) is 31.2 Å². The molecule has 2 heterocycles. The van der Waals surface area contributed by atoms with Crippen molar-refractivity contribution < 1.29 is 0 Å². The molecule has 0 fully saturated rings. The van der Waals surface area contributed by atoms with E-state index in [2.05, 4.69) is 14.8 Å². The van der Waals surface area contributed by atoms with Gasteiger partial charge in [0.1, 0.15) is 5.69 Å². The van der Waals surface area contributed by atoms with E-state index in [1.807, 2.05) is 44.2 Å². The molecule has 18 heavy (non-hydrogen) atoms. The Morgan fingerprint density at radius 2 is 1.67 bits per heavy atom. The third-order valence-electron chi connectivity index (χ3n) is 2.14. The lowest BCUT2D eigenvalue weighted by Crippen LogP contribution is -1.99. The average Bonchev–Trinajstić information content (AvgIpc) is 2.39. The fraction of sp³-hybridized carbons (Fsp3) is 0.214. The van der Waals surface area contributed by atoms with Crippen LogP contribution in [0.25, 0.3) is 4.85 Å². The molecule has 4 heteroatoms. The van der Waals surface area contributed by atoms with Crippen molar-refractivity contribution in [3.05, 3.63) is 64.9 Å². The van der Waals surface area contributed by atoms with Crippen LogP contribution in [-0.4, -0.2) is 9.97 Å². The molecule has 0 aliphatic rings. The Balaban J connectivity index is 0.000000180. The molecular weight excluding hydrogens is 224 g/mol. The van der Waals surface area contributed by atoms with Gasteiger partial charge in [0.05, 0.1) is 5.69 Å². The van der Waals surface area contributed by atoms with Crippen LogP contribution in [0.3, 0.4) is 0 Å². The standard InChI is InChI=1S/C7H6N2.C7H10N2/c1-6-4-3-5-7(8-2)9-6;1-6-3-2-4-7(5-8)9-6/h3-5H,1H3;2-4H,5,8H2,1H3. The first kappa shape index (κ1) is 13.8. The van der Waals surface area contributed by atoms with Crippen LogP contribution in [0, 0.1) is 20.4 Å². The molecule has 0 unspecified atom stereocenters. The fourth-order valence-electron chi connectivity index (χ4n) is 1.30. The second-order valence-corrected chi connectivity index (χ2v) is 3.72. The molecule has 2 aromatic rings. The van der Waals surface area contributed by atoms with Gasteiger partial charge in [-0.25, -0.2) is 0 Å². The highest BCUT2D eigenvalue weighted by molar-refractivity contribution is 5.35. The Kier molecular flexibility index (Phi) is 5.49. The molecule has 92 valence electrons. The SMILES string of the molecule is Cc1cccc(CN)n1.[C-]#[N+]c1cccc(C)n1. The van der Waals surface area contributed by atoms with Crippen LogP contribution in [0.4, 0.5) is 5.82 Å². The first-order valence-electron chi connectivity index (χ1n) is 5.59. The van der Waals surface area contributed by atoms with Gasteiger partial charge in [-0.15, -0.1) is 4.98 Å². The predicted octanol–water partition coefficient (Wildman–Crippen LogP) is 2.79. The van der Waals surface area contributed by atoms with Crippen molar-refractivity contribution in [2.45, 2.75) is 20.4 Å². The molecule has 2 N–H and O–H groups in total. The zero-order valence-electron chi connectivity index (χ0n) is 10.6. The van der Waals surface area contributed by atoms with Gasteiger partial charge in [0.25, 0.3) is 5.82 Å². The maximum absolute atomic E-state index is 6.60.